The van der Waals surface area contributed by atoms with Gasteiger partial charge in [0.2, 0.25) is 0 Å². The van der Waals surface area contributed by atoms with Gasteiger partial charge in [-0.1, -0.05) is 51.1 Å². The highest BCUT2D eigenvalue weighted by Gasteiger charge is 2.58. The Morgan fingerprint density at radius 3 is 2.41 bits per heavy atom. The number of rotatable bonds is 2. The van der Waals surface area contributed by atoms with Gasteiger partial charge in [0.15, 0.2) is 0 Å². The first-order chi connectivity index (χ1) is 10.4. The Bertz CT molecular complexity index is 679. The number of benzene rings is 1. The molecule has 1 fully saturated rings. The van der Waals surface area contributed by atoms with Gasteiger partial charge in [0.25, 0.3) is 0 Å². The second-order valence-corrected chi connectivity index (χ2v) is 8.01. The van der Waals surface area contributed by atoms with Crippen LogP contribution in [0.1, 0.15) is 53.0 Å². The highest BCUT2D eigenvalue weighted by molar-refractivity contribution is 5.69. The van der Waals surface area contributed by atoms with E-state index in [-0.39, 0.29) is 11.0 Å². The summed E-state index contributed by atoms with van der Waals surface area (Å²) in [7, 11) is 0. The smallest absolute Gasteiger partial charge is 0.0795 e. The van der Waals surface area contributed by atoms with Crippen LogP contribution in [0.5, 0.6) is 0 Å². The zero-order valence-electron chi connectivity index (χ0n) is 14.4. The molecule has 3 aliphatic rings. The van der Waals surface area contributed by atoms with Crippen molar-refractivity contribution in [2.24, 2.45) is 5.41 Å². The van der Waals surface area contributed by atoms with Crippen molar-refractivity contribution in [1.29, 1.82) is 0 Å². The molecule has 2 nitrogen and oxygen atoms in total. The monoisotopic (exact) mass is 294 g/mol. The van der Waals surface area contributed by atoms with Crippen LogP contribution >= 0.6 is 0 Å². The summed E-state index contributed by atoms with van der Waals surface area (Å²) in [6, 6.07) is 11.3. The van der Waals surface area contributed by atoms with Gasteiger partial charge < -0.3 is 0 Å². The van der Waals surface area contributed by atoms with Crippen LogP contribution in [0, 0.1) is 5.41 Å². The molecule has 1 saturated heterocycles. The maximum absolute atomic E-state index is 2.60. The van der Waals surface area contributed by atoms with Gasteiger partial charge in [0.1, 0.15) is 0 Å². The van der Waals surface area contributed by atoms with Crippen molar-refractivity contribution in [3.05, 3.63) is 53.2 Å². The van der Waals surface area contributed by atoms with Crippen molar-refractivity contribution in [1.82, 2.24) is 10.0 Å². The lowest BCUT2D eigenvalue weighted by Gasteiger charge is -2.39. The third kappa shape index (κ3) is 1.56. The van der Waals surface area contributed by atoms with Crippen molar-refractivity contribution in [3.63, 3.8) is 0 Å². The molecule has 0 spiro atoms. The Balaban J connectivity index is 1.89. The number of nitrogens with zero attached hydrogens (tertiary/aromatic N) is 2. The van der Waals surface area contributed by atoms with Gasteiger partial charge in [0, 0.05) is 17.5 Å². The van der Waals surface area contributed by atoms with E-state index in [2.05, 4.69) is 81.0 Å². The van der Waals surface area contributed by atoms with Gasteiger partial charge in [-0.15, -0.1) is 0 Å². The van der Waals surface area contributed by atoms with Crippen molar-refractivity contribution in [2.75, 3.05) is 0 Å². The Morgan fingerprint density at radius 2 is 1.77 bits per heavy atom. The quantitative estimate of drug-likeness (QED) is 0.772. The molecule has 0 amide bonds. The van der Waals surface area contributed by atoms with Crippen LogP contribution in [0.3, 0.4) is 0 Å². The maximum Gasteiger partial charge on any atom is 0.0795 e. The zero-order valence-corrected chi connectivity index (χ0v) is 14.4. The second kappa shape index (κ2) is 4.18. The van der Waals surface area contributed by atoms with Crippen LogP contribution in [0.4, 0.5) is 0 Å². The number of hydrogen-bond donors (Lipinski definition) is 0. The van der Waals surface area contributed by atoms with Gasteiger partial charge in [-0.3, -0.25) is 10.0 Å². The Kier molecular flexibility index (Phi) is 2.65. The lowest BCUT2D eigenvalue weighted by molar-refractivity contribution is 0.0268. The van der Waals surface area contributed by atoms with E-state index in [1.165, 1.54) is 11.3 Å². The fraction of sp³-hybridized carbons (Fsp3) is 0.500. The Morgan fingerprint density at radius 1 is 1.09 bits per heavy atom. The van der Waals surface area contributed by atoms with E-state index in [1.54, 1.807) is 11.3 Å². The molecule has 0 radical (unpaired) electrons. The van der Waals surface area contributed by atoms with Crippen LogP contribution in [0.25, 0.3) is 5.70 Å². The minimum absolute atomic E-state index is 0.155. The summed E-state index contributed by atoms with van der Waals surface area (Å²) in [5, 5.41) is 5.16. The third-order valence-electron chi connectivity index (χ3n) is 5.76. The Hall–Kier alpha value is -1.70. The molecule has 1 aromatic rings. The van der Waals surface area contributed by atoms with Crippen molar-refractivity contribution in [2.45, 2.75) is 59.0 Å². The van der Waals surface area contributed by atoms with Crippen molar-refractivity contribution >= 4 is 5.70 Å². The molecule has 3 heterocycles. The molecule has 22 heavy (non-hydrogen) atoms. The summed E-state index contributed by atoms with van der Waals surface area (Å²) in [4.78, 5) is 0. The molecule has 1 atom stereocenters. The highest BCUT2D eigenvalue weighted by atomic mass is 15.7. The summed E-state index contributed by atoms with van der Waals surface area (Å²) in [5.74, 6) is 0. The predicted molar refractivity (Wildman–Crippen MR) is 91.7 cm³/mol. The fourth-order valence-corrected chi connectivity index (χ4v) is 4.80. The molecular formula is C20H26N2. The molecule has 0 N–H and O–H groups in total. The van der Waals surface area contributed by atoms with E-state index >= 15 is 0 Å². The molecule has 0 aliphatic carbocycles. The first-order valence-corrected chi connectivity index (χ1v) is 8.47. The lowest BCUT2D eigenvalue weighted by atomic mass is 9.78. The van der Waals surface area contributed by atoms with Gasteiger partial charge in [0.05, 0.1) is 17.3 Å². The predicted octanol–water partition coefficient (Wildman–Crippen LogP) is 4.81. The SMILES string of the molecule is CCC1=C2CC(C)(C)N3C(c4ccccc4)=CC(N23)C1(C)C. The average Bonchev–Trinajstić information content (AvgIpc) is 3.04. The van der Waals surface area contributed by atoms with E-state index < -0.39 is 0 Å². The molecule has 0 aromatic heterocycles. The number of hydrogen-bond acceptors (Lipinski definition) is 2. The topological polar surface area (TPSA) is 6.48 Å². The van der Waals surface area contributed by atoms with E-state index in [0.717, 1.165) is 12.8 Å². The van der Waals surface area contributed by atoms with Gasteiger partial charge in [-0.25, -0.2) is 0 Å². The standard InChI is InChI=1S/C20H26N2/c1-6-15-17-13-19(2,3)22-16(14-10-8-7-9-11-14)12-18(21(17)22)20(15,4)5/h7-12,18H,6,13H2,1-5H3. The second-order valence-electron chi connectivity index (χ2n) is 8.01. The normalized spacial score (nSPS) is 27.5. The summed E-state index contributed by atoms with van der Waals surface area (Å²) < 4.78 is 0. The van der Waals surface area contributed by atoms with E-state index in [1.807, 2.05) is 0 Å². The minimum Gasteiger partial charge on any atom is -0.281 e. The van der Waals surface area contributed by atoms with Crippen molar-refractivity contribution < 1.29 is 0 Å². The van der Waals surface area contributed by atoms with Crippen LogP contribution < -0.4 is 0 Å². The summed E-state index contributed by atoms with van der Waals surface area (Å²) >= 11 is 0. The molecule has 1 aromatic carbocycles. The molecule has 0 bridgehead atoms. The Labute approximate surface area is 134 Å². The highest BCUT2D eigenvalue weighted by Crippen LogP contribution is 2.59. The van der Waals surface area contributed by atoms with Crippen LogP contribution in [0.2, 0.25) is 0 Å². The maximum atomic E-state index is 2.60. The molecule has 116 valence electrons. The van der Waals surface area contributed by atoms with Gasteiger partial charge >= 0.3 is 0 Å². The molecular weight excluding hydrogens is 268 g/mol. The first kappa shape index (κ1) is 13.9. The lowest BCUT2D eigenvalue weighted by Crippen LogP contribution is -2.45. The summed E-state index contributed by atoms with van der Waals surface area (Å²) in [5.41, 5.74) is 6.33. The molecule has 1 unspecified atom stereocenters. The van der Waals surface area contributed by atoms with E-state index in [9.17, 15) is 0 Å². The van der Waals surface area contributed by atoms with E-state index in [4.69, 9.17) is 0 Å². The fourth-order valence-electron chi connectivity index (χ4n) is 4.80. The third-order valence-corrected chi connectivity index (χ3v) is 5.76. The van der Waals surface area contributed by atoms with Gasteiger partial charge in [-0.2, -0.15) is 0 Å². The average molecular weight is 294 g/mol. The molecule has 2 heteroatoms. The van der Waals surface area contributed by atoms with Crippen LogP contribution in [-0.2, 0) is 0 Å². The molecule has 3 aliphatic heterocycles. The largest absolute Gasteiger partial charge is 0.281 e. The molecule has 0 saturated carbocycles. The van der Waals surface area contributed by atoms with E-state index in [0.29, 0.717) is 6.04 Å². The van der Waals surface area contributed by atoms with Crippen LogP contribution in [0.15, 0.2) is 47.7 Å². The number of hydrazine groups is 1. The van der Waals surface area contributed by atoms with Gasteiger partial charge in [-0.05, 0) is 37.5 Å². The summed E-state index contributed by atoms with van der Waals surface area (Å²) in [6.45, 7) is 11.9. The first-order valence-electron chi connectivity index (χ1n) is 8.47. The van der Waals surface area contributed by atoms with Crippen molar-refractivity contribution in [3.8, 4) is 0 Å². The summed E-state index contributed by atoms with van der Waals surface area (Å²) in [6.07, 6.45) is 4.81. The van der Waals surface area contributed by atoms with Crippen LogP contribution in [-0.4, -0.2) is 21.6 Å². The molecule has 4 rings (SSSR count). The zero-order chi connectivity index (χ0) is 15.7. The minimum atomic E-state index is 0.155.